The number of hydrogen-bond acceptors (Lipinski definition) is 4. The van der Waals surface area contributed by atoms with Gasteiger partial charge in [0, 0.05) is 18.5 Å². The van der Waals surface area contributed by atoms with Gasteiger partial charge in [-0.3, -0.25) is 0 Å². The van der Waals surface area contributed by atoms with Gasteiger partial charge in [-0.05, 0) is 24.4 Å². The average molecular weight is 296 g/mol. The van der Waals surface area contributed by atoms with Crippen molar-refractivity contribution in [1.82, 2.24) is 9.97 Å². The number of nitrogens with zero attached hydrogens (tertiary/aromatic N) is 2. The van der Waals surface area contributed by atoms with Crippen LogP contribution in [-0.2, 0) is 6.18 Å². The molecule has 2 unspecified atom stereocenters. The molecule has 1 saturated carbocycles. The molecule has 4 nitrogen and oxygen atoms in total. The van der Waals surface area contributed by atoms with Gasteiger partial charge in [0.1, 0.15) is 5.82 Å². The van der Waals surface area contributed by atoms with E-state index in [9.17, 15) is 18.3 Å². The van der Waals surface area contributed by atoms with Crippen LogP contribution in [-0.4, -0.2) is 27.7 Å². The van der Waals surface area contributed by atoms with Gasteiger partial charge in [0.2, 0.25) is 5.28 Å². The van der Waals surface area contributed by atoms with Crippen molar-refractivity contribution in [2.24, 2.45) is 5.92 Å². The van der Waals surface area contributed by atoms with Gasteiger partial charge in [-0.1, -0.05) is 6.42 Å². The van der Waals surface area contributed by atoms with Gasteiger partial charge in [0.05, 0.1) is 6.10 Å². The zero-order valence-electron chi connectivity index (χ0n) is 9.91. The molecule has 0 aromatic carbocycles. The number of hydrogen-bond donors (Lipinski definition) is 2. The molecule has 1 aromatic rings. The van der Waals surface area contributed by atoms with E-state index in [0.29, 0.717) is 6.54 Å². The summed E-state index contributed by atoms with van der Waals surface area (Å²) in [4.78, 5) is 6.83. The molecule has 2 atom stereocenters. The monoisotopic (exact) mass is 295 g/mol. The molecule has 0 radical (unpaired) electrons. The Morgan fingerprint density at radius 2 is 2.11 bits per heavy atom. The van der Waals surface area contributed by atoms with Crippen molar-refractivity contribution in [3.63, 3.8) is 0 Å². The molecule has 1 aromatic heterocycles. The van der Waals surface area contributed by atoms with Crippen LogP contribution in [0.2, 0.25) is 5.28 Å². The van der Waals surface area contributed by atoms with E-state index < -0.39 is 23.3 Å². The number of nitrogens with one attached hydrogen (secondary N) is 1. The third-order valence-corrected chi connectivity index (χ3v) is 3.32. The number of aliphatic hydroxyl groups is 1. The first-order valence-electron chi connectivity index (χ1n) is 5.90. The number of anilines is 1. The Kier molecular flexibility index (Phi) is 4.15. The van der Waals surface area contributed by atoms with E-state index in [1.54, 1.807) is 0 Å². The van der Waals surface area contributed by atoms with E-state index in [0.717, 1.165) is 25.3 Å². The highest BCUT2D eigenvalue weighted by molar-refractivity contribution is 6.28. The summed E-state index contributed by atoms with van der Waals surface area (Å²) in [6.45, 7) is 0.367. The summed E-state index contributed by atoms with van der Waals surface area (Å²) in [7, 11) is 0. The van der Waals surface area contributed by atoms with Crippen molar-refractivity contribution in [3.8, 4) is 0 Å². The second kappa shape index (κ2) is 5.50. The van der Waals surface area contributed by atoms with Gasteiger partial charge in [0.25, 0.3) is 0 Å². The lowest BCUT2D eigenvalue weighted by Crippen LogP contribution is -2.22. The Labute approximate surface area is 113 Å². The molecule has 106 valence electrons. The van der Waals surface area contributed by atoms with Crippen LogP contribution in [0.4, 0.5) is 19.0 Å². The Bertz CT molecular complexity index is 455. The van der Waals surface area contributed by atoms with Crippen LogP contribution in [0.3, 0.4) is 0 Å². The summed E-state index contributed by atoms with van der Waals surface area (Å²) < 4.78 is 37.6. The van der Waals surface area contributed by atoms with Crippen LogP contribution < -0.4 is 5.32 Å². The van der Waals surface area contributed by atoms with Crippen LogP contribution in [0.5, 0.6) is 0 Å². The molecule has 0 aliphatic heterocycles. The minimum atomic E-state index is -4.56. The largest absolute Gasteiger partial charge is 0.433 e. The van der Waals surface area contributed by atoms with Gasteiger partial charge in [0.15, 0.2) is 5.69 Å². The van der Waals surface area contributed by atoms with E-state index in [1.165, 1.54) is 0 Å². The highest BCUT2D eigenvalue weighted by Crippen LogP contribution is 2.30. The smallest absolute Gasteiger partial charge is 0.393 e. The van der Waals surface area contributed by atoms with Gasteiger partial charge in [-0.2, -0.15) is 13.2 Å². The normalized spacial score (nSPS) is 23.6. The van der Waals surface area contributed by atoms with Crippen molar-refractivity contribution in [1.29, 1.82) is 0 Å². The molecular formula is C11H13ClF3N3O. The number of aliphatic hydroxyl groups excluding tert-OH is 1. The second-order valence-corrected chi connectivity index (χ2v) is 4.88. The summed E-state index contributed by atoms with van der Waals surface area (Å²) in [5, 5.41) is 11.9. The highest BCUT2D eigenvalue weighted by atomic mass is 35.5. The molecule has 1 aliphatic rings. The SMILES string of the molecule is OC1CCCC1CNc1cc(C(F)(F)F)nc(Cl)n1. The lowest BCUT2D eigenvalue weighted by molar-refractivity contribution is -0.141. The minimum absolute atomic E-state index is 0.0198. The summed E-state index contributed by atoms with van der Waals surface area (Å²) in [5.74, 6) is 0.0505. The van der Waals surface area contributed by atoms with Crippen molar-refractivity contribution < 1.29 is 18.3 Å². The second-order valence-electron chi connectivity index (χ2n) is 4.54. The van der Waals surface area contributed by atoms with Crippen molar-refractivity contribution >= 4 is 17.4 Å². The zero-order valence-corrected chi connectivity index (χ0v) is 10.7. The van der Waals surface area contributed by atoms with Crippen LogP contribution in [0.15, 0.2) is 6.07 Å². The Balaban J connectivity index is 2.06. The van der Waals surface area contributed by atoms with Crippen LogP contribution in [0.1, 0.15) is 25.0 Å². The maximum atomic E-state index is 12.5. The molecule has 1 heterocycles. The number of rotatable bonds is 3. The summed E-state index contributed by atoms with van der Waals surface area (Å²) in [6, 6.07) is 0.813. The Morgan fingerprint density at radius 1 is 1.37 bits per heavy atom. The molecule has 1 fully saturated rings. The summed E-state index contributed by atoms with van der Waals surface area (Å²) >= 11 is 5.47. The minimum Gasteiger partial charge on any atom is -0.393 e. The molecule has 2 rings (SSSR count). The highest BCUT2D eigenvalue weighted by Gasteiger charge is 2.33. The molecule has 19 heavy (non-hydrogen) atoms. The number of aromatic nitrogens is 2. The average Bonchev–Trinajstić information content (AvgIpc) is 2.70. The first-order chi connectivity index (χ1) is 8.86. The standard InChI is InChI=1S/C11H13ClF3N3O/c12-10-17-8(11(13,14)15)4-9(18-10)16-5-6-2-1-3-7(6)19/h4,6-7,19H,1-3,5H2,(H,16,17,18). The van der Waals surface area contributed by atoms with E-state index in [-0.39, 0.29) is 11.7 Å². The zero-order chi connectivity index (χ0) is 14.0. The van der Waals surface area contributed by atoms with Gasteiger partial charge in [-0.25, -0.2) is 9.97 Å². The van der Waals surface area contributed by atoms with E-state index >= 15 is 0 Å². The lowest BCUT2D eigenvalue weighted by Gasteiger charge is -2.16. The van der Waals surface area contributed by atoms with Crippen molar-refractivity contribution in [2.75, 3.05) is 11.9 Å². The maximum Gasteiger partial charge on any atom is 0.433 e. The van der Waals surface area contributed by atoms with Crippen molar-refractivity contribution in [3.05, 3.63) is 17.0 Å². The fourth-order valence-electron chi connectivity index (χ4n) is 2.14. The third kappa shape index (κ3) is 3.70. The molecule has 0 saturated heterocycles. The van der Waals surface area contributed by atoms with E-state index in [1.807, 2.05) is 0 Å². The molecule has 2 N–H and O–H groups in total. The number of halogens is 4. The van der Waals surface area contributed by atoms with E-state index in [4.69, 9.17) is 11.6 Å². The number of alkyl halides is 3. The molecule has 0 bridgehead atoms. The first-order valence-corrected chi connectivity index (χ1v) is 6.28. The van der Waals surface area contributed by atoms with Gasteiger partial charge >= 0.3 is 6.18 Å². The molecule has 8 heteroatoms. The van der Waals surface area contributed by atoms with Crippen molar-refractivity contribution in [2.45, 2.75) is 31.5 Å². The lowest BCUT2D eigenvalue weighted by atomic mass is 10.1. The van der Waals surface area contributed by atoms with E-state index in [2.05, 4.69) is 15.3 Å². The third-order valence-electron chi connectivity index (χ3n) is 3.15. The molecular weight excluding hydrogens is 283 g/mol. The molecule has 0 spiro atoms. The Morgan fingerprint density at radius 3 is 2.68 bits per heavy atom. The summed E-state index contributed by atoms with van der Waals surface area (Å²) in [5.41, 5.74) is -1.08. The molecule has 0 amide bonds. The predicted molar refractivity (Wildman–Crippen MR) is 63.9 cm³/mol. The fraction of sp³-hybridized carbons (Fsp3) is 0.636. The Hall–Kier alpha value is -1.08. The predicted octanol–water partition coefficient (Wildman–Crippen LogP) is 2.72. The fourth-order valence-corrected chi connectivity index (χ4v) is 2.33. The van der Waals surface area contributed by atoms with Gasteiger partial charge < -0.3 is 10.4 Å². The van der Waals surface area contributed by atoms with Crippen LogP contribution in [0.25, 0.3) is 0 Å². The first kappa shape index (κ1) is 14.3. The topological polar surface area (TPSA) is 58.0 Å². The molecule has 1 aliphatic carbocycles. The van der Waals surface area contributed by atoms with Crippen LogP contribution >= 0.6 is 11.6 Å². The van der Waals surface area contributed by atoms with Crippen LogP contribution in [0, 0.1) is 5.92 Å². The van der Waals surface area contributed by atoms with Gasteiger partial charge in [-0.15, -0.1) is 0 Å². The summed E-state index contributed by atoms with van der Waals surface area (Å²) in [6.07, 6.45) is -2.47. The maximum absolute atomic E-state index is 12.5. The quantitative estimate of drug-likeness (QED) is 0.842.